The molecule has 2 aromatic carbocycles. The first kappa shape index (κ1) is 16.7. The van der Waals surface area contributed by atoms with E-state index in [1.165, 1.54) is 17.7 Å². The number of unbranched alkanes of at least 4 members (excludes halogenated alkanes) is 1. The molecular weight excluding hydrogens is 319 g/mol. The van der Waals surface area contributed by atoms with Gasteiger partial charge in [-0.15, -0.1) is 0 Å². The summed E-state index contributed by atoms with van der Waals surface area (Å²) in [5, 5.41) is 6.72. The van der Waals surface area contributed by atoms with Crippen LogP contribution in [-0.2, 0) is 6.42 Å². The molecule has 2 nitrogen and oxygen atoms in total. The molecule has 0 saturated heterocycles. The first-order valence-electron chi connectivity index (χ1n) is 7.19. The predicted molar refractivity (Wildman–Crippen MR) is 95.0 cm³/mol. The molecule has 0 amide bonds. The van der Waals surface area contributed by atoms with Crippen molar-refractivity contribution < 1.29 is 4.39 Å². The quantitative estimate of drug-likeness (QED) is 0.586. The zero-order chi connectivity index (χ0) is 15.8. The monoisotopic (exact) mass is 336 g/mol. The molecule has 0 saturated carbocycles. The molecule has 5 heteroatoms. The van der Waals surface area contributed by atoms with E-state index in [1.807, 2.05) is 6.07 Å². The van der Waals surface area contributed by atoms with Crippen molar-refractivity contribution in [1.82, 2.24) is 5.32 Å². The first-order chi connectivity index (χ1) is 10.6. The van der Waals surface area contributed by atoms with Gasteiger partial charge in [0, 0.05) is 12.2 Å². The Balaban J connectivity index is 1.64. The normalized spacial score (nSPS) is 10.3. The van der Waals surface area contributed by atoms with Gasteiger partial charge in [-0.05, 0) is 55.2 Å². The van der Waals surface area contributed by atoms with Crippen LogP contribution < -0.4 is 10.6 Å². The van der Waals surface area contributed by atoms with Crippen molar-refractivity contribution in [3.05, 3.63) is 64.9 Å². The smallest absolute Gasteiger partial charge is 0.170 e. The number of hydrogen-bond acceptors (Lipinski definition) is 1. The standard InChI is InChI=1S/C17H18ClFN2S/c18-15-12-14(9-10-16(15)19)21-17(22)20-11-5-4-8-13-6-2-1-3-7-13/h1-3,6-7,9-10,12H,4-5,8,11H2,(H2,20,21,22). The zero-order valence-electron chi connectivity index (χ0n) is 12.1. The molecule has 22 heavy (non-hydrogen) atoms. The second-order valence-electron chi connectivity index (χ2n) is 4.95. The maximum atomic E-state index is 13.1. The molecular formula is C17H18ClFN2S. The third kappa shape index (κ3) is 5.62. The molecule has 0 aliphatic carbocycles. The van der Waals surface area contributed by atoms with E-state index < -0.39 is 5.82 Å². The third-order valence-electron chi connectivity index (χ3n) is 3.20. The SMILES string of the molecule is Fc1ccc(NC(=S)NCCCCc2ccccc2)cc1Cl. The molecule has 116 valence electrons. The molecule has 0 unspecified atom stereocenters. The molecule has 0 spiro atoms. The number of hydrogen-bond donors (Lipinski definition) is 2. The maximum Gasteiger partial charge on any atom is 0.170 e. The highest BCUT2D eigenvalue weighted by Gasteiger charge is 2.02. The number of anilines is 1. The first-order valence-corrected chi connectivity index (χ1v) is 7.97. The van der Waals surface area contributed by atoms with E-state index in [9.17, 15) is 4.39 Å². The highest BCUT2D eigenvalue weighted by molar-refractivity contribution is 7.80. The van der Waals surface area contributed by atoms with Crippen LogP contribution in [0, 0.1) is 5.82 Å². The van der Waals surface area contributed by atoms with Crippen LogP contribution in [0.1, 0.15) is 18.4 Å². The van der Waals surface area contributed by atoms with Gasteiger partial charge in [-0.1, -0.05) is 41.9 Å². The highest BCUT2D eigenvalue weighted by atomic mass is 35.5. The topological polar surface area (TPSA) is 24.1 Å². The van der Waals surface area contributed by atoms with Gasteiger partial charge in [0.2, 0.25) is 0 Å². The van der Waals surface area contributed by atoms with Crippen molar-refractivity contribution in [1.29, 1.82) is 0 Å². The van der Waals surface area contributed by atoms with Crippen molar-refractivity contribution in [3.63, 3.8) is 0 Å². The molecule has 0 aliphatic heterocycles. The Labute approximate surface area is 140 Å². The molecule has 0 aromatic heterocycles. The molecule has 2 rings (SSSR count). The summed E-state index contributed by atoms with van der Waals surface area (Å²) in [6, 6.07) is 14.8. The Bertz CT molecular complexity index is 619. The minimum absolute atomic E-state index is 0.0793. The van der Waals surface area contributed by atoms with Gasteiger partial charge in [0.1, 0.15) is 5.82 Å². The van der Waals surface area contributed by atoms with Gasteiger partial charge in [0.25, 0.3) is 0 Å². The van der Waals surface area contributed by atoms with Crippen LogP contribution in [0.25, 0.3) is 0 Å². The van der Waals surface area contributed by atoms with E-state index in [4.69, 9.17) is 23.8 Å². The minimum Gasteiger partial charge on any atom is -0.362 e. The maximum absolute atomic E-state index is 13.1. The van der Waals surface area contributed by atoms with Gasteiger partial charge in [-0.2, -0.15) is 0 Å². The van der Waals surface area contributed by atoms with Gasteiger partial charge >= 0.3 is 0 Å². The molecule has 0 heterocycles. The summed E-state index contributed by atoms with van der Waals surface area (Å²) in [5.74, 6) is -0.438. The summed E-state index contributed by atoms with van der Waals surface area (Å²) in [6.07, 6.45) is 3.19. The number of thiocarbonyl (C=S) groups is 1. The zero-order valence-corrected chi connectivity index (χ0v) is 13.7. The summed E-state index contributed by atoms with van der Waals surface area (Å²) in [7, 11) is 0. The van der Waals surface area contributed by atoms with Crippen molar-refractivity contribution in [2.24, 2.45) is 0 Å². The Morgan fingerprint density at radius 2 is 1.86 bits per heavy atom. The van der Waals surface area contributed by atoms with Crippen LogP contribution in [0.5, 0.6) is 0 Å². The Hall–Kier alpha value is -1.65. The number of benzene rings is 2. The van der Waals surface area contributed by atoms with Gasteiger partial charge in [-0.25, -0.2) is 4.39 Å². The summed E-state index contributed by atoms with van der Waals surface area (Å²) in [5.41, 5.74) is 2.03. The van der Waals surface area contributed by atoms with E-state index in [1.54, 1.807) is 6.07 Å². The Morgan fingerprint density at radius 3 is 2.59 bits per heavy atom. The fourth-order valence-corrected chi connectivity index (χ4v) is 2.45. The summed E-state index contributed by atoms with van der Waals surface area (Å²) < 4.78 is 13.1. The van der Waals surface area contributed by atoms with E-state index in [-0.39, 0.29) is 5.02 Å². The van der Waals surface area contributed by atoms with Crippen molar-refractivity contribution in [2.45, 2.75) is 19.3 Å². The van der Waals surface area contributed by atoms with Crippen LogP contribution in [0.3, 0.4) is 0 Å². The predicted octanol–water partition coefficient (Wildman–Crippen LogP) is 4.79. The summed E-state index contributed by atoms with van der Waals surface area (Å²) >= 11 is 10.9. The number of aryl methyl sites for hydroxylation is 1. The number of rotatable bonds is 6. The molecule has 2 aromatic rings. The van der Waals surface area contributed by atoms with Crippen LogP contribution >= 0.6 is 23.8 Å². The summed E-state index contributed by atoms with van der Waals surface area (Å²) in [4.78, 5) is 0. The van der Waals surface area contributed by atoms with Crippen LogP contribution in [0.2, 0.25) is 5.02 Å². The molecule has 0 bridgehead atoms. The van der Waals surface area contributed by atoms with Gasteiger partial charge in [0.05, 0.1) is 5.02 Å². The van der Waals surface area contributed by atoms with Crippen LogP contribution in [-0.4, -0.2) is 11.7 Å². The lowest BCUT2D eigenvalue weighted by molar-refractivity contribution is 0.628. The van der Waals surface area contributed by atoms with Crippen LogP contribution in [0.4, 0.5) is 10.1 Å². The Morgan fingerprint density at radius 1 is 1.09 bits per heavy atom. The van der Waals surface area contributed by atoms with Gasteiger partial charge < -0.3 is 10.6 Å². The number of halogens is 2. The second kappa shape index (κ2) is 8.71. The lowest BCUT2D eigenvalue weighted by Gasteiger charge is -2.11. The van der Waals surface area contributed by atoms with E-state index in [0.717, 1.165) is 25.8 Å². The lowest BCUT2D eigenvalue weighted by atomic mass is 10.1. The van der Waals surface area contributed by atoms with E-state index in [0.29, 0.717) is 10.8 Å². The Kier molecular flexibility index (Phi) is 6.62. The molecule has 0 radical (unpaired) electrons. The highest BCUT2D eigenvalue weighted by Crippen LogP contribution is 2.19. The number of nitrogens with one attached hydrogen (secondary N) is 2. The average molecular weight is 337 g/mol. The van der Waals surface area contributed by atoms with Crippen molar-refractivity contribution in [3.8, 4) is 0 Å². The second-order valence-corrected chi connectivity index (χ2v) is 5.77. The van der Waals surface area contributed by atoms with Crippen molar-refractivity contribution in [2.75, 3.05) is 11.9 Å². The molecule has 0 fully saturated rings. The molecule has 2 N–H and O–H groups in total. The minimum atomic E-state index is -0.438. The summed E-state index contributed by atoms with van der Waals surface area (Å²) in [6.45, 7) is 0.799. The fraction of sp³-hybridized carbons (Fsp3) is 0.235. The largest absolute Gasteiger partial charge is 0.362 e. The molecule has 0 atom stereocenters. The van der Waals surface area contributed by atoms with Crippen LogP contribution in [0.15, 0.2) is 48.5 Å². The van der Waals surface area contributed by atoms with E-state index in [2.05, 4.69) is 34.9 Å². The fourth-order valence-electron chi connectivity index (χ4n) is 2.05. The molecule has 0 aliphatic rings. The van der Waals surface area contributed by atoms with Gasteiger partial charge in [0.15, 0.2) is 5.11 Å². The average Bonchev–Trinajstić information content (AvgIpc) is 2.52. The van der Waals surface area contributed by atoms with E-state index >= 15 is 0 Å². The van der Waals surface area contributed by atoms with Crippen molar-refractivity contribution >= 4 is 34.6 Å². The third-order valence-corrected chi connectivity index (χ3v) is 3.73. The van der Waals surface area contributed by atoms with Gasteiger partial charge in [-0.3, -0.25) is 0 Å². The lowest BCUT2D eigenvalue weighted by Crippen LogP contribution is -2.29.